The highest BCUT2D eigenvalue weighted by Gasteiger charge is 2.56. The normalized spacial score (nSPS) is 15.9. The van der Waals surface area contributed by atoms with Gasteiger partial charge in [0, 0.05) is 89.9 Å². The summed E-state index contributed by atoms with van der Waals surface area (Å²) in [5.41, 5.74) is 2.89. The SMILES string of the molecule is COCCN1CCC(C(=O)O)(S(=O)(=O)c2ccc(-c3ccc(CCCC(F)(F)F)cn3)cc2)CC1.COCCN1CCC(C(=O)OC(C)(C)C)(S(=O)(=O)c2ccc(-c3ccc(CCCC(F)(F)F)cn3)cc2)CC1.O=C(O)C(F)(F)F.O=C(O)C(F)(F)F. The molecule has 0 saturated carbocycles. The van der Waals surface area contributed by atoms with Crippen LogP contribution in [0.1, 0.15) is 83.3 Å². The van der Waals surface area contributed by atoms with E-state index in [4.69, 9.17) is 34.0 Å². The first-order valence-corrected chi connectivity index (χ1v) is 29.7. The molecule has 2 aliphatic heterocycles. The second-order valence-corrected chi connectivity index (χ2v) is 25.7. The molecular weight excluding hydrogens is 1240 g/mol. The van der Waals surface area contributed by atoms with E-state index in [0.717, 1.165) is 0 Å². The lowest BCUT2D eigenvalue weighted by molar-refractivity contribution is -0.193. The summed E-state index contributed by atoms with van der Waals surface area (Å²) < 4.78 is 205. The maximum absolute atomic E-state index is 14.0. The Morgan fingerprint density at radius 2 is 0.841 bits per heavy atom. The zero-order chi connectivity index (χ0) is 66.7. The number of carboxylic acids is 3. The fourth-order valence-electron chi connectivity index (χ4n) is 8.80. The third-order valence-corrected chi connectivity index (χ3v) is 18.6. The van der Waals surface area contributed by atoms with Crippen LogP contribution < -0.4 is 0 Å². The predicted molar refractivity (Wildman–Crippen MR) is 293 cm³/mol. The maximum atomic E-state index is 14.0. The number of carbonyl (C=O) groups excluding carboxylic acids is 1. The van der Waals surface area contributed by atoms with E-state index >= 15 is 0 Å². The van der Waals surface area contributed by atoms with Crippen LogP contribution in [0.15, 0.2) is 95.0 Å². The number of aliphatic carboxylic acids is 3. The van der Waals surface area contributed by atoms with E-state index < -0.39 is 96.2 Å². The Hall–Kier alpha value is -6.48. The minimum absolute atomic E-state index is 0.0133. The lowest BCUT2D eigenvalue weighted by atomic mass is 9.95. The van der Waals surface area contributed by atoms with Gasteiger partial charge in [0.1, 0.15) is 5.60 Å². The third-order valence-electron chi connectivity index (χ3n) is 13.6. The van der Waals surface area contributed by atoms with Crippen LogP contribution in [0.5, 0.6) is 0 Å². The number of hydrogen-bond acceptors (Lipinski definition) is 15. The van der Waals surface area contributed by atoms with Gasteiger partial charge in [0.05, 0.1) is 34.4 Å². The first kappa shape index (κ1) is 75.8. The van der Waals surface area contributed by atoms with Crippen LogP contribution in [0.2, 0.25) is 0 Å². The van der Waals surface area contributed by atoms with Crippen LogP contribution in [0.25, 0.3) is 22.5 Å². The van der Waals surface area contributed by atoms with Crippen molar-refractivity contribution in [3.8, 4) is 22.5 Å². The van der Waals surface area contributed by atoms with Crippen molar-refractivity contribution in [3.05, 3.63) is 96.3 Å². The number of esters is 1. The predicted octanol–water partition coefficient (Wildman–Crippen LogP) is 10.5. The Balaban J connectivity index is 0.000000379. The molecule has 2 aromatic carbocycles. The number of sulfone groups is 2. The smallest absolute Gasteiger partial charge is 0.480 e. The van der Waals surface area contributed by atoms with Gasteiger partial charge >= 0.3 is 48.6 Å². The van der Waals surface area contributed by atoms with Gasteiger partial charge in [0.2, 0.25) is 0 Å². The number of ether oxygens (including phenoxy) is 3. The van der Waals surface area contributed by atoms with Crippen LogP contribution >= 0.6 is 0 Å². The Morgan fingerprint density at radius 3 is 1.10 bits per heavy atom. The zero-order valence-electron chi connectivity index (χ0n) is 48.3. The summed E-state index contributed by atoms with van der Waals surface area (Å²) in [5.74, 6) is -7.61. The number of likely N-dealkylation sites (tertiary alicyclic amines) is 2. The Bertz CT molecular complexity index is 3080. The van der Waals surface area contributed by atoms with E-state index in [-0.39, 0.29) is 61.2 Å². The average molecular weight is 1310 g/mol. The van der Waals surface area contributed by atoms with Crippen molar-refractivity contribution < 1.29 is 118 Å². The van der Waals surface area contributed by atoms with Crippen LogP contribution in [0.4, 0.5) is 52.7 Å². The summed E-state index contributed by atoms with van der Waals surface area (Å²) in [7, 11) is -5.10. The number of benzene rings is 2. The molecule has 2 fully saturated rings. The minimum atomic E-state index is -5.08. The number of aromatic nitrogens is 2. The molecule has 4 aromatic rings. The van der Waals surface area contributed by atoms with E-state index in [1.54, 1.807) is 83.5 Å². The van der Waals surface area contributed by atoms with E-state index in [2.05, 4.69) is 14.9 Å². The number of methoxy groups -OCH3 is 2. The number of aryl methyl sites for hydroxylation is 2. The molecule has 0 bridgehead atoms. The summed E-state index contributed by atoms with van der Waals surface area (Å²) in [6.45, 7) is 8.88. The molecule has 88 heavy (non-hydrogen) atoms. The Labute approximate surface area is 500 Å². The standard InChI is InChI=1S/C28H37F3N2O5S.C24H29F3N2O5S.2C2HF3O2/c1-26(2,3)38-25(34)27(14-16-33(17-15-27)18-19-37-4)39(35,36)23-10-8-22(9-11-23)24-12-7-21(20-32-24)6-5-13-28(29,30)31;1-34-16-15-29-13-11-23(12-14-29,22(30)31)35(32,33)20-7-5-19(6-8-20)21-9-4-18(17-28-21)3-2-10-24(25,26)27;2*3-2(4,5)1(6)7/h7-12,20H,5-6,13-19H2,1-4H3;4-9,17H,2-3,10-16H2,1H3,(H,30,31);2*(H,6,7). The lowest BCUT2D eigenvalue weighted by Crippen LogP contribution is -2.56. The number of carboxylic acid groups (broad SMARTS) is 3. The lowest BCUT2D eigenvalue weighted by Gasteiger charge is -2.40. The average Bonchev–Trinajstić information content (AvgIpc) is 0.974. The molecule has 0 aliphatic carbocycles. The largest absolute Gasteiger partial charge is 0.490 e. The fourth-order valence-corrected chi connectivity index (χ4v) is 12.6. The topological polar surface area (TPSA) is 257 Å². The summed E-state index contributed by atoms with van der Waals surface area (Å²) in [4.78, 5) is 56.0. The molecule has 0 unspecified atom stereocenters. The molecule has 0 radical (unpaired) electrons. The van der Waals surface area contributed by atoms with Crippen molar-refractivity contribution in [1.82, 2.24) is 19.8 Å². The Kier molecular flexibility index (Phi) is 27.4. The molecular formula is C56H68F12N4O14S2. The molecule has 4 heterocycles. The molecule has 2 aliphatic rings. The van der Waals surface area contributed by atoms with Crippen molar-refractivity contribution in [1.29, 1.82) is 0 Å². The number of rotatable bonds is 20. The molecule has 32 heteroatoms. The number of halogens is 12. The molecule has 0 amide bonds. The number of hydrogen-bond donors (Lipinski definition) is 3. The van der Waals surface area contributed by atoms with Crippen molar-refractivity contribution >= 4 is 43.6 Å². The quantitative estimate of drug-likeness (QED) is 0.0549. The summed E-state index contributed by atoms with van der Waals surface area (Å²) in [5, 5.41) is 24.2. The summed E-state index contributed by atoms with van der Waals surface area (Å²) >= 11 is 0. The molecule has 0 atom stereocenters. The number of carbonyl (C=O) groups is 4. The Morgan fingerprint density at radius 1 is 0.523 bits per heavy atom. The maximum Gasteiger partial charge on any atom is 0.490 e. The van der Waals surface area contributed by atoms with E-state index in [0.29, 0.717) is 86.1 Å². The minimum Gasteiger partial charge on any atom is -0.480 e. The van der Waals surface area contributed by atoms with Crippen molar-refractivity contribution in [2.24, 2.45) is 0 Å². The monoisotopic (exact) mass is 1310 g/mol. The molecule has 2 aromatic heterocycles. The van der Waals surface area contributed by atoms with E-state index in [1.807, 2.05) is 4.90 Å². The van der Waals surface area contributed by atoms with Crippen LogP contribution in [-0.2, 0) is 65.9 Å². The van der Waals surface area contributed by atoms with Gasteiger partial charge in [0.25, 0.3) is 0 Å². The number of alkyl halides is 12. The van der Waals surface area contributed by atoms with Gasteiger partial charge in [-0.3, -0.25) is 19.6 Å². The van der Waals surface area contributed by atoms with Crippen LogP contribution in [0, 0.1) is 0 Å². The molecule has 18 nitrogen and oxygen atoms in total. The fraction of sp³-hybridized carbons (Fsp3) is 0.536. The molecule has 6 rings (SSSR count). The van der Waals surface area contributed by atoms with Crippen LogP contribution in [0.3, 0.4) is 0 Å². The van der Waals surface area contributed by atoms with Gasteiger partial charge in [-0.1, -0.05) is 36.4 Å². The summed E-state index contributed by atoms with van der Waals surface area (Å²) in [6.07, 6.45) is -16.5. The van der Waals surface area contributed by atoms with E-state index in [1.165, 1.54) is 36.7 Å². The van der Waals surface area contributed by atoms with Crippen molar-refractivity contribution in [2.45, 2.75) is 135 Å². The highest BCUT2D eigenvalue weighted by atomic mass is 32.2. The number of nitrogens with zero attached hydrogens (tertiary/aromatic N) is 4. The zero-order valence-corrected chi connectivity index (χ0v) is 49.9. The first-order valence-electron chi connectivity index (χ1n) is 26.8. The highest BCUT2D eigenvalue weighted by Crippen LogP contribution is 2.40. The van der Waals surface area contributed by atoms with Gasteiger partial charge in [0.15, 0.2) is 29.2 Å². The third kappa shape index (κ3) is 22.8. The number of piperidine rings is 2. The van der Waals surface area contributed by atoms with Gasteiger partial charge in [-0.05, 0) is 120 Å². The molecule has 2 saturated heterocycles. The number of pyridine rings is 2. The van der Waals surface area contributed by atoms with Crippen molar-refractivity contribution in [2.75, 3.05) is 66.7 Å². The van der Waals surface area contributed by atoms with Gasteiger partial charge in [-0.15, -0.1) is 0 Å². The molecule has 3 N–H and O–H groups in total. The first-order chi connectivity index (χ1) is 40.5. The second kappa shape index (κ2) is 31.8. The second-order valence-electron chi connectivity index (χ2n) is 21.2. The van der Waals surface area contributed by atoms with Gasteiger partial charge in [-0.2, -0.15) is 52.7 Å². The summed E-state index contributed by atoms with van der Waals surface area (Å²) in [6, 6.07) is 18.8. The van der Waals surface area contributed by atoms with Crippen molar-refractivity contribution in [3.63, 3.8) is 0 Å². The van der Waals surface area contributed by atoms with E-state index in [9.17, 15) is 84.2 Å². The van der Waals surface area contributed by atoms with Gasteiger partial charge in [-0.25, -0.2) is 26.4 Å². The van der Waals surface area contributed by atoms with Crippen LogP contribution in [-0.4, -0.2) is 182 Å². The highest BCUT2D eigenvalue weighted by molar-refractivity contribution is 7.94. The molecule has 492 valence electrons. The van der Waals surface area contributed by atoms with Gasteiger partial charge < -0.3 is 39.3 Å². The molecule has 0 spiro atoms.